The first-order valence-corrected chi connectivity index (χ1v) is 7.10. The molecule has 0 fully saturated rings. The molecule has 9 heteroatoms. The van der Waals surface area contributed by atoms with Gasteiger partial charge in [0.15, 0.2) is 0 Å². The van der Waals surface area contributed by atoms with E-state index in [2.05, 4.69) is 10.6 Å². The first-order chi connectivity index (χ1) is 11.3. The number of aliphatic carboxylic acids is 2. The van der Waals surface area contributed by atoms with Crippen LogP contribution in [0, 0.1) is 0 Å². The Balaban J connectivity index is 2.50. The number of amides is 2. The summed E-state index contributed by atoms with van der Waals surface area (Å²) in [6.45, 7) is -0.495. The molecule has 2 atom stereocenters. The van der Waals surface area contributed by atoms with Crippen molar-refractivity contribution in [2.24, 2.45) is 5.73 Å². The number of nitrogens with two attached hydrogens (primary N) is 1. The van der Waals surface area contributed by atoms with Crippen molar-refractivity contribution in [1.82, 2.24) is 10.6 Å². The largest absolute Gasteiger partial charge is 0.481 e. The number of carboxylic acids is 2. The van der Waals surface area contributed by atoms with Gasteiger partial charge >= 0.3 is 11.9 Å². The lowest BCUT2D eigenvalue weighted by molar-refractivity contribution is -0.142. The number of benzene rings is 1. The van der Waals surface area contributed by atoms with Gasteiger partial charge in [0.2, 0.25) is 11.8 Å². The van der Waals surface area contributed by atoms with Crippen molar-refractivity contribution >= 4 is 23.8 Å². The highest BCUT2D eigenvalue weighted by Gasteiger charge is 2.22. The Morgan fingerprint density at radius 2 is 1.71 bits per heavy atom. The van der Waals surface area contributed by atoms with Crippen LogP contribution in [0.1, 0.15) is 12.0 Å². The zero-order valence-corrected chi connectivity index (χ0v) is 12.8. The smallest absolute Gasteiger partial charge is 0.326 e. The van der Waals surface area contributed by atoms with E-state index in [1.807, 2.05) is 0 Å². The molecular formula is C15H19N3O6. The molecule has 0 aliphatic carbocycles. The van der Waals surface area contributed by atoms with Gasteiger partial charge in [0.05, 0.1) is 19.0 Å². The molecule has 0 spiro atoms. The molecule has 0 aliphatic rings. The van der Waals surface area contributed by atoms with Gasteiger partial charge in [-0.3, -0.25) is 14.4 Å². The van der Waals surface area contributed by atoms with Crippen molar-refractivity contribution in [1.29, 1.82) is 0 Å². The van der Waals surface area contributed by atoms with E-state index >= 15 is 0 Å². The third-order valence-electron chi connectivity index (χ3n) is 3.07. The van der Waals surface area contributed by atoms with Crippen LogP contribution in [0.4, 0.5) is 0 Å². The lowest BCUT2D eigenvalue weighted by atomic mass is 10.1. The maximum absolute atomic E-state index is 11.8. The van der Waals surface area contributed by atoms with Gasteiger partial charge in [-0.25, -0.2) is 4.79 Å². The van der Waals surface area contributed by atoms with Crippen LogP contribution in [0.15, 0.2) is 30.3 Å². The molecule has 130 valence electrons. The van der Waals surface area contributed by atoms with E-state index in [4.69, 9.17) is 15.9 Å². The number of nitrogens with one attached hydrogen (secondary N) is 2. The van der Waals surface area contributed by atoms with Crippen LogP contribution in [0.5, 0.6) is 0 Å². The summed E-state index contributed by atoms with van der Waals surface area (Å²) in [5.41, 5.74) is 6.07. The SMILES string of the molecule is NC(CC(=O)O)C(=O)NCC(=O)NC(Cc1ccccc1)C(=O)O. The third-order valence-corrected chi connectivity index (χ3v) is 3.07. The fourth-order valence-electron chi connectivity index (χ4n) is 1.87. The Bertz CT molecular complexity index is 604. The second-order valence-electron chi connectivity index (χ2n) is 5.07. The predicted octanol–water partition coefficient (Wildman–Crippen LogP) is -1.28. The fraction of sp³-hybridized carbons (Fsp3) is 0.333. The van der Waals surface area contributed by atoms with Crippen molar-refractivity contribution in [3.05, 3.63) is 35.9 Å². The Kier molecular flexibility index (Phi) is 7.37. The van der Waals surface area contributed by atoms with Crippen LogP contribution in [0.2, 0.25) is 0 Å². The molecule has 0 aromatic heterocycles. The van der Waals surface area contributed by atoms with E-state index in [1.54, 1.807) is 30.3 Å². The van der Waals surface area contributed by atoms with E-state index in [-0.39, 0.29) is 6.42 Å². The molecule has 2 amide bonds. The molecule has 0 aliphatic heterocycles. The number of hydrogen-bond donors (Lipinski definition) is 5. The predicted molar refractivity (Wildman–Crippen MR) is 83.0 cm³/mol. The van der Waals surface area contributed by atoms with Gasteiger partial charge in [0, 0.05) is 6.42 Å². The molecule has 0 saturated heterocycles. The quantitative estimate of drug-likeness (QED) is 0.375. The maximum Gasteiger partial charge on any atom is 0.326 e. The highest BCUT2D eigenvalue weighted by Crippen LogP contribution is 2.03. The average Bonchev–Trinajstić information content (AvgIpc) is 2.52. The maximum atomic E-state index is 11.8. The van der Waals surface area contributed by atoms with Crippen molar-refractivity contribution in [2.45, 2.75) is 24.9 Å². The molecule has 0 heterocycles. The molecule has 1 rings (SSSR count). The molecule has 0 radical (unpaired) electrons. The lowest BCUT2D eigenvalue weighted by Gasteiger charge is -2.15. The fourth-order valence-corrected chi connectivity index (χ4v) is 1.87. The molecule has 0 saturated carbocycles. The number of carbonyl (C=O) groups is 4. The van der Waals surface area contributed by atoms with Gasteiger partial charge < -0.3 is 26.6 Å². The molecule has 9 nitrogen and oxygen atoms in total. The van der Waals surface area contributed by atoms with Gasteiger partial charge in [-0.2, -0.15) is 0 Å². The summed E-state index contributed by atoms with van der Waals surface area (Å²) in [6.07, 6.45) is -0.479. The van der Waals surface area contributed by atoms with Gasteiger partial charge in [-0.15, -0.1) is 0 Å². The Morgan fingerprint density at radius 3 is 2.25 bits per heavy atom. The van der Waals surface area contributed by atoms with Crippen LogP contribution in [-0.4, -0.2) is 52.6 Å². The van der Waals surface area contributed by atoms with Crippen LogP contribution < -0.4 is 16.4 Å². The topological polar surface area (TPSA) is 159 Å². The van der Waals surface area contributed by atoms with E-state index in [1.165, 1.54) is 0 Å². The van der Waals surface area contributed by atoms with E-state index < -0.39 is 48.8 Å². The normalized spacial score (nSPS) is 12.7. The zero-order valence-electron chi connectivity index (χ0n) is 12.8. The van der Waals surface area contributed by atoms with Gasteiger partial charge in [0.1, 0.15) is 6.04 Å². The summed E-state index contributed by atoms with van der Waals surface area (Å²) >= 11 is 0. The minimum atomic E-state index is -1.28. The second-order valence-corrected chi connectivity index (χ2v) is 5.07. The first kappa shape index (κ1) is 19.1. The molecule has 0 bridgehead atoms. The van der Waals surface area contributed by atoms with Crippen molar-refractivity contribution < 1.29 is 29.4 Å². The summed E-state index contributed by atoms with van der Waals surface area (Å²) < 4.78 is 0. The third kappa shape index (κ3) is 6.88. The van der Waals surface area contributed by atoms with Crippen molar-refractivity contribution in [3.8, 4) is 0 Å². The summed E-state index contributed by atoms with van der Waals surface area (Å²) in [7, 11) is 0. The van der Waals surface area contributed by atoms with Crippen LogP contribution in [0.3, 0.4) is 0 Å². The molecule has 2 unspecified atom stereocenters. The van der Waals surface area contributed by atoms with Crippen molar-refractivity contribution in [2.75, 3.05) is 6.54 Å². The van der Waals surface area contributed by atoms with E-state index in [0.29, 0.717) is 0 Å². The number of rotatable bonds is 9. The van der Waals surface area contributed by atoms with Crippen molar-refractivity contribution in [3.63, 3.8) is 0 Å². The van der Waals surface area contributed by atoms with Gasteiger partial charge in [0.25, 0.3) is 0 Å². The van der Waals surface area contributed by atoms with E-state index in [0.717, 1.165) is 5.56 Å². The molecule has 24 heavy (non-hydrogen) atoms. The minimum Gasteiger partial charge on any atom is -0.481 e. The monoisotopic (exact) mass is 337 g/mol. The highest BCUT2D eigenvalue weighted by atomic mass is 16.4. The minimum absolute atomic E-state index is 0.0917. The van der Waals surface area contributed by atoms with Gasteiger partial charge in [-0.05, 0) is 5.56 Å². The van der Waals surface area contributed by atoms with Crippen LogP contribution in [0.25, 0.3) is 0 Å². The Morgan fingerprint density at radius 1 is 1.08 bits per heavy atom. The standard InChI is InChI=1S/C15H19N3O6/c16-10(7-13(20)21)14(22)17-8-12(19)18-11(15(23)24)6-9-4-2-1-3-5-9/h1-5,10-11H,6-8,16H2,(H,17,22)(H,18,19)(H,20,21)(H,23,24). The number of carboxylic acid groups (broad SMARTS) is 2. The zero-order chi connectivity index (χ0) is 18.1. The van der Waals surface area contributed by atoms with E-state index in [9.17, 15) is 19.2 Å². The molecular weight excluding hydrogens is 318 g/mol. The summed E-state index contributed by atoms with van der Waals surface area (Å²) in [5, 5.41) is 22.1. The van der Waals surface area contributed by atoms with Crippen LogP contribution >= 0.6 is 0 Å². The lowest BCUT2D eigenvalue weighted by Crippen LogP contribution is -2.49. The summed E-state index contributed by atoms with van der Waals surface area (Å²) in [4.78, 5) is 44.9. The van der Waals surface area contributed by atoms with Crippen LogP contribution in [-0.2, 0) is 25.6 Å². The summed E-state index contributed by atoms with van der Waals surface area (Å²) in [5.74, 6) is -3.96. The molecule has 6 N–H and O–H groups in total. The first-order valence-electron chi connectivity index (χ1n) is 7.10. The molecule has 1 aromatic carbocycles. The Labute approximate surface area is 137 Å². The Hall–Kier alpha value is -2.94. The average molecular weight is 337 g/mol. The number of carbonyl (C=O) groups excluding carboxylic acids is 2. The number of hydrogen-bond acceptors (Lipinski definition) is 5. The molecule has 1 aromatic rings. The second kappa shape index (κ2) is 9.26. The summed E-state index contributed by atoms with van der Waals surface area (Å²) in [6, 6.07) is 6.32. The highest BCUT2D eigenvalue weighted by molar-refractivity contribution is 5.90. The van der Waals surface area contributed by atoms with Gasteiger partial charge in [-0.1, -0.05) is 30.3 Å².